The van der Waals surface area contributed by atoms with Gasteiger partial charge in [0.1, 0.15) is 0 Å². The quantitative estimate of drug-likeness (QED) is 0.696. The van der Waals surface area contributed by atoms with Gasteiger partial charge < -0.3 is 0 Å². The second-order valence-electron chi connectivity index (χ2n) is 4.74. The molecule has 0 aliphatic carbocycles. The Hall–Kier alpha value is -1.69. The summed E-state index contributed by atoms with van der Waals surface area (Å²) in [4.78, 5) is 4.70. The minimum absolute atomic E-state index is 0.683. The number of rotatable bonds is 4. The number of para-hydroxylation sites is 1. The van der Waals surface area contributed by atoms with Crippen LogP contribution in [0.4, 0.5) is 0 Å². The zero-order chi connectivity index (χ0) is 14.8. The number of hydrogen-bond acceptors (Lipinski definition) is 3. The molecule has 0 fully saturated rings. The van der Waals surface area contributed by atoms with Crippen LogP contribution in [-0.4, -0.2) is 44.1 Å². The normalized spacial score (nSPS) is 10.8. The molecule has 0 bridgehead atoms. The van der Waals surface area contributed by atoms with E-state index in [1.165, 1.54) is 0 Å². The van der Waals surface area contributed by atoms with Crippen molar-refractivity contribution in [3.05, 3.63) is 54.0 Å². The van der Waals surface area contributed by atoms with E-state index < -0.39 is 0 Å². The first-order chi connectivity index (χ1) is 10.2. The fourth-order valence-corrected chi connectivity index (χ4v) is 2.70. The summed E-state index contributed by atoms with van der Waals surface area (Å²) >= 11 is 0.683. The second kappa shape index (κ2) is 5.97. The van der Waals surface area contributed by atoms with Crippen molar-refractivity contribution in [2.75, 3.05) is 0 Å². The van der Waals surface area contributed by atoms with Crippen molar-refractivity contribution in [1.82, 2.24) is 19.3 Å². The third-order valence-electron chi connectivity index (χ3n) is 3.24. The summed E-state index contributed by atoms with van der Waals surface area (Å²) in [5, 5.41) is 4.51. The van der Waals surface area contributed by atoms with Gasteiger partial charge in [0.05, 0.1) is 0 Å². The molecule has 0 amide bonds. The van der Waals surface area contributed by atoms with E-state index in [2.05, 4.69) is 30.4 Å². The second-order valence-corrected chi connectivity index (χ2v) is 5.42. The molecule has 3 rings (SSSR count). The Labute approximate surface area is 138 Å². The number of imidazole rings is 1. The Balaban J connectivity index is 2.20. The number of benzene rings is 1. The van der Waals surface area contributed by atoms with Crippen LogP contribution >= 0.6 is 0 Å². The first-order valence-electron chi connectivity index (χ1n) is 6.80. The third kappa shape index (κ3) is 2.72. The van der Waals surface area contributed by atoms with Crippen LogP contribution < -0.4 is 2.85 Å². The van der Waals surface area contributed by atoms with E-state index in [4.69, 9.17) is 7.84 Å². The Morgan fingerprint density at radius 1 is 1.24 bits per heavy atom. The van der Waals surface area contributed by atoms with E-state index in [1.807, 2.05) is 35.8 Å². The van der Waals surface area contributed by atoms with Gasteiger partial charge in [0, 0.05) is 0 Å². The molecule has 1 aromatic carbocycles. The van der Waals surface area contributed by atoms with E-state index in [0.29, 0.717) is 24.8 Å². The molecule has 0 spiro atoms. The van der Waals surface area contributed by atoms with Crippen LogP contribution in [0.15, 0.2) is 42.6 Å². The summed E-state index contributed by atoms with van der Waals surface area (Å²) in [5.74, 6) is 1.50. The van der Waals surface area contributed by atoms with Crippen molar-refractivity contribution in [2.24, 2.45) is 0 Å². The fourth-order valence-electron chi connectivity index (χ4n) is 2.22. The number of aromatic nitrogens is 4. The van der Waals surface area contributed by atoms with Crippen molar-refractivity contribution in [2.45, 2.75) is 20.3 Å². The predicted molar refractivity (Wildman–Crippen MR) is 81.2 cm³/mol. The van der Waals surface area contributed by atoms with E-state index in [-0.39, 0.29) is 0 Å². The van der Waals surface area contributed by atoms with Crippen LogP contribution in [-0.2, 0) is 6.42 Å². The number of nitrogens with zero attached hydrogens (tertiary/aromatic N) is 4. The molecule has 0 saturated heterocycles. The molecule has 0 saturated carbocycles. The molecular formula is C15H15InN4O. The van der Waals surface area contributed by atoms with Gasteiger partial charge in [0.2, 0.25) is 0 Å². The van der Waals surface area contributed by atoms with Crippen LogP contribution in [0.25, 0.3) is 11.6 Å². The van der Waals surface area contributed by atoms with Crippen LogP contribution in [0.3, 0.4) is 0 Å². The summed E-state index contributed by atoms with van der Waals surface area (Å²) in [6.07, 6.45) is 2.93. The van der Waals surface area contributed by atoms with Crippen LogP contribution in [0, 0.1) is 6.92 Å². The number of aryl methyl sites for hydroxylation is 2. The van der Waals surface area contributed by atoms with Gasteiger partial charge in [-0.1, -0.05) is 0 Å². The van der Waals surface area contributed by atoms with Crippen molar-refractivity contribution in [3.8, 4) is 17.5 Å². The minimum atomic E-state index is 0.683. The topological polar surface area (TPSA) is 44.9 Å². The first-order valence-corrected chi connectivity index (χ1v) is 8.15. The molecular weight excluding hydrogens is 367 g/mol. The maximum absolute atomic E-state index is 5.53. The van der Waals surface area contributed by atoms with E-state index >= 15 is 0 Å². The monoisotopic (exact) mass is 382 g/mol. The molecule has 0 aliphatic heterocycles. The average molecular weight is 382 g/mol. The molecule has 21 heavy (non-hydrogen) atoms. The van der Waals surface area contributed by atoms with E-state index in [1.54, 1.807) is 4.68 Å². The summed E-state index contributed by atoms with van der Waals surface area (Å²) < 4.78 is 9.35. The van der Waals surface area contributed by atoms with Crippen molar-refractivity contribution >= 4 is 24.8 Å². The molecule has 6 heteroatoms. The zero-order valence-corrected chi connectivity index (χ0v) is 15.3. The van der Waals surface area contributed by atoms with Gasteiger partial charge in [-0.3, -0.25) is 0 Å². The van der Waals surface area contributed by atoms with Crippen LogP contribution in [0.2, 0.25) is 0 Å². The van der Waals surface area contributed by atoms with Crippen molar-refractivity contribution < 1.29 is 2.85 Å². The molecule has 0 N–H and O–H groups in total. The summed E-state index contributed by atoms with van der Waals surface area (Å²) in [6.45, 7) is 4.05. The van der Waals surface area contributed by atoms with Gasteiger partial charge in [-0.15, -0.1) is 0 Å². The summed E-state index contributed by atoms with van der Waals surface area (Å²) in [7, 11) is 0. The molecule has 5 nitrogen and oxygen atoms in total. The standard InChI is InChI=1S/C15H16N4O.In/c1-3-12-10-18(13-7-5-4-6-8-13)15(16-12)19-14(20)9-11(2)17-19;/h4-10,20H,3H2,1-2H3;/q;+1/p-1. The number of hydrogen-bond donors (Lipinski definition) is 0. The Bertz CT molecular complexity index is 748. The van der Waals surface area contributed by atoms with Crippen molar-refractivity contribution in [3.63, 3.8) is 0 Å². The fraction of sp³-hybridized carbons (Fsp3) is 0.200. The van der Waals surface area contributed by atoms with Gasteiger partial charge in [-0.05, 0) is 0 Å². The molecule has 0 aliphatic rings. The van der Waals surface area contributed by atoms with Gasteiger partial charge in [-0.2, -0.15) is 0 Å². The average Bonchev–Trinajstić information content (AvgIpc) is 3.10. The van der Waals surface area contributed by atoms with E-state index in [0.717, 1.165) is 35.3 Å². The molecule has 0 atom stereocenters. The van der Waals surface area contributed by atoms with E-state index in [9.17, 15) is 0 Å². The Morgan fingerprint density at radius 2 is 2.00 bits per heavy atom. The van der Waals surface area contributed by atoms with Crippen molar-refractivity contribution in [1.29, 1.82) is 0 Å². The maximum atomic E-state index is 5.53. The first kappa shape index (κ1) is 14.3. The Kier molecular flexibility index (Phi) is 4.05. The third-order valence-corrected chi connectivity index (χ3v) is 3.93. The van der Waals surface area contributed by atoms with Gasteiger partial charge in [0.15, 0.2) is 0 Å². The zero-order valence-electron chi connectivity index (χ0n) is 12.0. The van der Waals surface area contributed by atoms with Gasteiger partial charge in [0.25, 0.3) is 0 Å². The molecule has 2 radical (unpaired) electrons. The molecule has 3 aromatic rings. The van der Waals surface area contributed by atoms with Crippen LogP contribution in [0.5, 0.6) is 5.88 Å². The van der Waals surface area contributed by atoms with Gasteiger partial charge >= 0.3 is 139 Å². The molecule has 2 aromatic heterocycles. The van der Waals surface area contributed by atoms with Gasteiger partial charge in [-0.25, -0.2) is 0 Å². The predicted octanol–water partition coefficient (Wildman–Crippen LogP) is 2.39. The summed E-state index contributed by atoms with van der Waals surface area (Å²) in [5.41, 5.74) is 3.01. The summed E-state index contributed by atoms with van der Waals surface area (Å²) in [6, 6.07) is 12.1. The SMILES string of the molecule is CCc1cn(-c2ccccc2)c(-n2nc(C)cc2[O][In])n1. The molecule has 104 valence electrons. The Morgan fingerprint density at radius 3 is 2.67 bits per heavy atom. The molecule has 2 heterocycles. The molecule has 0 unspecified atom stereocenters. The van der Waals surface area contributed by atoms with Crippen LogP contribution in [0.1, 0.15) is 18.3 Å².